The molecule has 2 N–H and O–H groups in total. The Morgan fingerprint density at radius 2 is 1.64 bits per heavy atom. The van der Waals surface area contributed by atoms with Gasteiger partial charge in [0.25, 0.3) is 5.91 Å². The number of rotatable bonds is 4. The van der Waals surface area contributed by atoms with Gasteiger partial charge in [0.2, 0.25) is 5.91 Å². The van der Waals surface area contributed by atoms with E-state index in [2.05, 4.69) is 10.6 Å². The SMILES string of the molecule is C[C@H](NC(=O)c1ccccc1Cl)C(=O)Nc1ccc(Cl)cc1. The van der Waals surface area contributed by atoms with Crippen molar-refractivity contribution in [1.29, 1.82) is 0 Å². The van der Waals surface area contributed by atoms with Crippen molar-refractivity contribution in [3.8, 4) is 0 Å². The fraction of sp³-hybridized carbons (Fsp3) is 0.125. The van der Waals surface area contributed by atoms with Gasteiger partial charge in [-0.25, -0.2) is 0 Å². The maximum Gasteiger partial charge on any atom is 0.253 e. The Morgan fingerprint density at radius 3 is 2.27 bits per heavy atom. The number of hydrogen-bond donors (Lipinski definition) is 2. The van der Waals surface area contributed by atoms with E-state index in [-0.39, 0.29) is 5.91 Å². The summed E-state index contributed by atoms with van der Waals surface area (Å²) < 4.78 is 0. The second kappa shape index (κ2) is 7.29. The lowest BCUT2D eigenvalue weighted by Crippen LogP contribution is -2.41. The minimum atomic E-state index is -0.709. The topological polar surface area (TPSA) is 58.2 Å². The maximum atomic E-state index is 12.1. The van der Waals surface area contributed by atoms with Gasteiger partial charge in [-0.2, -0.15) is 0 Å². The molecular formula is C16H14Cl2N2O2. The first kappa shape index (κ1) is 16.3. The number of carbonyl (C=O) groups is 2. The van der Waals surface area contributed by atoms with Crippen molar-refractivity contribution < 1.29 is 9.59 Å². The molecule has 2 aromatic carbocycles. The summed E-state index contributed by atoms with van der Waals surface area (Å²) >= 11 is 11.7. The molecule has 22 heavy (non-hydrogen) atoms. The highest BCUT2D eigenvalue weighted by molar-refractivity contribution is 6.33. The molecule has 0 saturated heterocycles. The zero-order valence-corrected chi connectivity index (χ0v) is 13.3. The van der Waals surface area contributed by atoms with Gasteiger partial charge in [-0.15, -0.1) is 0 Å². The molecule has 0 heterocycles. The second-order valence-corrected chi connectivity index (χ2v) is 5.51. The van der Waals surface area contributed by atoms with E-state index in [0.717, 1.165) is 0 Å². The van der Waals surface area contributed by atoms with Gasteiger partial charge in [0.15, 0.2) is 0 Å². The van der Waals surface area contributed by atoms with E-state index in [4.69, 9.17) is 23.2 Å². The van der Waals surface area contributed by atoms with Crippen LogP contribution in [-0.2, 0) is 4.79 Å². The highest BCUT2D eigenvalue weighted by Crippen LogP contribution is 2.15. The lowest BCUT2D eigenvalue weighted by atomic mass is 10.2. The van der Waals surface area contributed by atoms with Gasteiger partial charge in [-0.05, 0) is 43.3 Å². The van der Waals surface area contributed by atoms with E-state index in [1.54, 1.807) is 55.5 Å². The predicted octanol–water partition coefficient (Wildman–Crippen LogP) is 3.75. The molecule has 0 aliphatic rings. The summed E-state index contributed by atoms with van der Waals surface area (Å²) in [6.45, 7) is 1.60. The average molecular weight is 337 g/mol. The van der Waals surface area contributed by atoms with Crippen molar-refractivity contribution in [2.75, 3.05) is 5.32 Å². The Kier molecular flexibility index (Phi) is 5.41. The molecule has 6 heteroatoms. The number of benzene rings is 2. The first-order chi connectivity index (χ1) is 10.5. The Labute approximate surface area is 138 Å². The van der Waals surface area contributed by atoms with E-state index in [1.807, 2.05) is 0 Å². The molecular weight excluding hydrogens is 323 g/mol. The van der Waals surface area contributed by atoms with Crippen LogP contribution in [0.2, 0.25) is 10.0 Å². The molecule has 0 unspecified atom stereocenters. The Bertz CT molecular complexity index is 687. The van der Waals surface area contributed by atoms with Crippen LogP contribution in [0.4, 0.5) is 5.69 Å². The molecule has 4 nitrogen and oxygen atoms in total. The fourth-order valence-electron chi connectivity index (χ4n) is 1.77. The van der Waals surface area contributed by atoms with Gasteiger partial charge in [0.05, 0.1) is 10.6 Å². The number of amides is 2. The van der Waals surface area contributed by atoms with Crippen LogP contribution in [0.25, 0.3) is 0 Å². The van der Waals surface area contributed by atoms with Gasteiger partial charge in [-0.3, -0.25) is 9.59 Å². The number of hydrogen-bond acceptors (Lipinski definition) is 2. The molecule has 0 aliphatic heterocycles. The van der Waals surface area contributed by atoms with E-state index >= 15 is 0 Å². The summed E-state index contributed by atoms with van der Waals surface area (Å²) in [5, 5.41) is 6.22. The first-order valence-corrected chi connectivity index (χ1v) is 7.35. The van der Waals surface area contributed by atoms with Crippen molar-refractivity contribution >= 4 is 40.7 Å². The zero-order chi connectivity index (χ0) is 16.1. The summed E-state index contributed by atoms with van der Waals surface area (Å²) in [4.78, 5) is 24.1. The van der Waals surface area contributed by atoms with Crippen molar-refractivity contribution in [3.05, 3.63) is 64.1 Å². The Morgan fingerprint density at radius 1 is 1.00 bits per heavy atom. The van der Waals surface area contributed by atoms with E-state index in [1.165, 1.54) is 0 Å². The van der Waals surface area contributed by atoms with Gasteiger partial charge in [0.1, 0.15) is 6.04 Å². The van der Waals surface area contributed by atoms with E-state index in [0.29, 0.717) is 21.3 Å². The molecule has 0 saturated carbocycles. The van der Waals surface area contributed by atoms with Gasteiger partial charge in [0, 0.05) is 10.7 Å². The van der Waals surface area contributed by atoms with Crippen LogP contribution < -0.4 is 10.6 Å². The van der Waals surface area contributed by atoms with Crippen molar-refractivity contribution in [1.82, 2.24) is 5.32 Å². The first-order valence-electron chi connectivity index (χ1n) is 6.59. The highest BCUT2D eigenvalue weighted by Gasteiger charge is 2.18. The summed E-state index contributed by atoms with van der Waals surface area (Å²) in [6, 6.07) is 12.7. The van der Waals surface area contributed by atoms with Crippen LogP contribution in [0.5, 0.6) is 0 Å². The molecule has 0 aliphatic carbocycles. The summed E-state index contributed by atoms with van der Waals surface area (Å²) in [7, 11) is 0. The number of halogens is 2. The van der Waals surface area contributed by atoms with Crippen molar-refractivity contribution in [2.24, 2.45) is 0 Å². The largest absolute Gasteiger partial charge is 0.340 e. The fourth-order valence-corrected chi connectivity index (χ4v) is 2.12. The third-order valence-corrected chi connectivity index (χ3v) is 3.55. The molecule has 2 rings (SSSR count). The third-order valence-electron chi connectivity index (χ3n) is 2.97. The standard InChI is InChI=1S/C16H14Cl2N2O2/c1-10(15(21)20-12-8-6-11(17)7-9-12)19-16(22)13-4-2-3-5-14(13)18/h2-10H,1H3,(H,19,22)(H,20,21)/t10-/m0/s1. The molecule has 2 amide bonds. The quantitative estimate of drug-likeness (QED) is 0.893. The van der Waals surface area contributed by atoms with Gasteiger partial charge < -0.3 is 10.6 Å². The predicted molar refractivity (Wildman–Crippen MR) is 88.5 cm³/mol. The third kappa shape index (κ3) is 4.23. The molecule has 2 aromatic rings. The molecule has 0 radical (unpaired) electrons. The minimum absolute atomic E-state index is 0.329. The lowest BCUT2D eigenvalue weighted by Gasteiger charge is -2.14. The van der Waals surface area contributed by atoms with Crippen molar-refractivity contribution in [2.45, 2.75) is 13.0 Å². The van der Waals surface area contributed by atoms with E-state index in [9.17, 15) is 9.59 Å². The number of nitrogens with one attached hydrogen (secondary N) is 2. The monoisotopic (exact) mass is 336 g/mol. The molecule has 0 aromatic heterocycles. The van der Waals surface area contributed by atoms with Crippen molar-refractivity contribution in [3.63, 3.8) is 0 Å². The lowest BCUT2D eigenvalue weighted by molar-refractivity contribution is -0.117. The van der Waals surface area contributed by atoms with Crippen LogP contribution >= 0.6 is 23.2 Å². The van der Waals surface area contributed by atoms with E-state index < -0.39 is 11.9 Å². The van der Waals surface area contributed by atoms with Gasteiger partial charge >= 0.3 is 0 Å². The Hall–Kier alpha value is -2.04. The van der Waals surface area contributed by atoms with Crippen LogP contribution in [0.15, 0.2) is 48.5 Å². The summed E-state index contributed by atoms with van der Waals surface area (Å²) in [5.41, 5.74) is 0.934. The Balaban J connectivity index is 1.98. The van der Waals surface area contributed by atoms with Crippen LogP contribution in [0.1, 0.15) is 17.3 Å². The maximum absolute atomic E-state index is 12.1. The second-order valence-electron chi connectivity index (χ2n) is 4.67. The molecule has 1 atom stereocenters. The molecule has 0 spiro atoms. The average Bonchev–Trinajstić information content (AvgIpc) is 2.49. The zero-order valence-electron chi connectivity index (χ0n) is 11.8. The molecule has 0 bridgehead atoms. The van der Waals surface area contributed by atoms with Crippen LogP contribution in [0.3, 0.4) is 0 Å². The normalized spacial score (nSPS) is 11.6. The smallest absolute Gasteiger partial charge is 0.253 e. The minimum Gasteiger partial charge on any atom is -0.340 e. The van der Waals surface area contributed by atoms with Crippen LogP contribution in [0, 0.1) is 0 Å². The number of anilines is 1. The van der Waals surface area contributed by atoms with Crippen LogP contribution in [-0.4, -0.2) is 17.9 Å². The summed E-state index contributed by atoms with van der Waals surface area (Å²) in [6.07, 6.45) is 0. The molecule has 114 valence electrons. The summed E-state index contributed by atoms with van der Waals surface area (Å²) in [5.74, 6) is -0.730. The number of carbonyl (C=O) groups excluding carboxylic acids is 2. The molecule has 0 fully saturated rings. The van der Waals surface area contributed by atoms with Gasteiger partial charge in [-0.1, -0.05) is 35.3 Å². The highest BCUT2D eigenvalue weighted by atomic mass is 35.5.